The molecule has 0 spiro atoms. The van der Waals surface area contributed by atoms with E-state index >= 15 is 0 Å². The Labute approximate surface area is 106 Å². The van der Waals surface area contributed by atoms with Crippen molar-refractivity contribution in [1.29, 1.82) is 0 Å². The lowest BCUT2D eigenvalue weighted by atomic mass is 9.83. The first-order valence-electron chi connectivity index (χ1n) is 6.74. The summed E-state index contributed by atoms with van der Waals surface area (Å²) in [7, 11) is 0. The standard InChI is InChI=1S/C13H26N2.ClH/c1-13(7-3-2-4-8-13)15-11-12-6-5-9-14-10-12;/h12,14-15H,2-11H2,1H3;1H. The minimum absolute atomic E-state index is 0. The Bertz CT molecular complexity index is 184. The predicted octanol–water partition coefficient (Wildman–Crippen LogP) is 2.72. The topological polar surface area (TPSA) is 24.1 Å². The lowest BCUT2D eigenvalue weighted by Gasteiger charge is -2.36. The third-order valence-corrected chi connectivity index (χ3v) is 4.17. The third-order valence-electron chi connectivity index (χ3n) is 4.17. The number of hydrogen-bond acceptors (Lipinski definition) is 2. The molecular formula is C13H27ClN2. The number of piperidine rings is 1. The van der Waals surface area contributed by atoms with Crippen molar-refractivity contribution in [2.24, 2.45) is 5.92 Å². The van der Waals surface area contributed by atoms with E-state index in [0.717, 1.165) is 5.92 Å². The molecule has 2 aliphatic rings. The molecule has 1 aliphatic carbocycles. The van der Waals surface area contributed by atoms with Crippen molar-refractivity contribution in [3.05, 3.63) is 0 Å². The molecule has 96 valence electrons. The fraction of sp³-hybridized carbons (Fsp3) is 1.00. The zero-order valence-electron chi connectivity index (χ0n) is 10.6. The second-order valence-corrected chi connectivity index (χ2v) is 5.71. The Morgan fingerprint density at radius 1 is 1.19 bits per heavy atom. The molecule has 0 aromatic heterocycles. The third kappa shape index (κ3) is 4.23. The van der Waals surface area contributed by atoms with Gasteiger partial charge in [0.2, 0.25) is 0 Å². The van der Waals surface area contributed by atoms with Crippen molar-refractivity contribution in [2.45, 2.75) is 57.4 Å². The van der Waals surface area contributed by atoms with Gasteiger partial charge in [0.15, 0.2) is 0 Å². The summed E-state index contributed by atoms with van der Waals surface area (Å²) in [5, 5.41) is 7.32. The van der Waals surface area contributed by atoms with E-state index in [1.165, 1.54) is 64.6 Å². The molecule has 1 heterocycles. The van der Waals surface area contributed by atoms with Crippen LogP contribution in [0, 0.1) is 5.92 Å². The Balaban J connectivity index is 0.00000128. The molecule has 0 radical (unpaired) electrons. The molecule has 1 aliphatic heterocycles. The Kier molecular flexibility index (Phi) is 6.09. The Morgan fingerprint density at radius 3 is 2.56 bits per heavy atom. The maximum atomic E-state index is 3.83. The average Bonchev–Trinajstić information content (AvgIpc) is 2.29. The molecule has 0 bridgehead atoms. The molecule has 1 atom stereocenters. The molecule has 1 saturated heterocycles. The van der Waals surface area contributed by atoms with Crippen molar-refractivity contribution in [3.63, 3.8) is 0 Å². The fourth-order valence-electron chi connectivity index (χ4n) is 3.00. The van der Waals surface area contributed by atoms with Gasteiger partial charge in [-0.3, -0.25) is 0 Å². The maximum Gasteiger partial charge on any atom is 0.0153 e. The zero-order valence-corrected chi connectivity index (χ0v) is 11.4. The predicted molar refractivity (Wildman–Crippen MR) is 72.3 cm³/mol. The van der Waals surface area contributed by atoms with Crippen LogP contribution in [0.1, 0.15) is 51.9 Å². The lowest BCUT2D eigenvalue weighted by molar-refractivity contribution is 0.229. The first-order chi connectivity index (χ1) is 7.29. The molecule has 1 saturated carbocycles. The van der Waals surface area contributed by atoms with Gasteiger partial charge in [0.05, 0.1) is 0 Å². The van der Waals surface area contributed by atoms with E-state index in [1.54, 1.807) is 0 Å². The SMILES string of the molecule is CC1(NCC2CCCNC2)CCCCC1.Cl. The fourth-order valence-corrected chi connectivity index (χ4v) is 3.00. The number of nitrogens with one attached hydrogen (secondary N) is 2. The molecule has 2 fully saturated rings. The minimum Gasteiger partial charge on any atom is -0.316 e. The highest BCUT2D eigenvalue weighted by molar-refractivity contribution is 5.85. The molecule has 0 aromatic carbocycles. The van der Waals surface area contributed by atoms with Gasteiger partial charge in [-0.1, -0.05) is 19.3 Å². The summed E-state index contributed by atoms with van der Waals surface area (Å²) in [6.45, 7) is 6.10. The summed E-state index contributed by atoms with van der Waals surface area (Å²) in [4.78, 5) is 0. The van der Waals surface area contributed by atoms with Gasteiger partial charge in [0, 0.05) is 5.54 Å². The average molecular weight is 247 g/mol. The van der Waals surface area contributed by atoms with Crippen molar-refractivity contribution in [2.75, 3.05) is 19.6 Å². The first kappa shape index (κ1) is 14.3. The Morgan fingerprint density at radius 2 is 1.94 bits per heavy atom. The molecular weight excluding hydrogens is 220 g/mol. The molecule has 2 rings (SSSR count). The molecule has 1 unspecified atom stereocenters. The van der Waals surface area contributed by atoms with Crippen molar-refractivity contribution >= 4 is 12.4 Å². The van der Waals surface area contributed by atoms with E-state index in [-0.39, 0.29) is 12.4 Å². The summed E-state index contributed by atoms with van der Waals surface area (Å²) in [6.07, 6.45) is 9.83. The smallest absolute Gasteiger partial charge is 0.0153 e. The summed E-state index contributed by atoms with van der Waals surface area (Å²) in [5.74, 6) is 0.873. The van der Waals surface area contributed by atoms with Gasteiger partial charge in [0.25, 0.3) is 0 Å². The molecule has 0 aromatic rings. The van der Waals surface area contributed by atoms with Gasteiger partial charge in [-0.15, -0.1) is 12.4 Å². The minimum atomic E-state index is 0. The molecule has 2 nitrogen and oxygen atoms in total. The molecule has 2 N–H and O–H groups in total. The maximum absolute atomic E-state index is 3.83. The number of hydrogen-bond donors (Lipinski definition) is 2. The van der Waals surface area contributed by atoms with Gasteiger partial charge < -0.3 is 10.6 Å². The van der Waals surface area contributed by atoms with E-state index in [9.17, 15) is 0 Å². The quantitative estimate of drug-likeness (QED) is 0.800. The highest BCUT2D eigenvalue weighted by atomic mass is 35.5. The highest BCUT2D eigenvalue weighted by Gasteiger charge is 2.27. The van der Waals surface area contributed by atoms with E-state index in [0.29, 0.717) is 5.54 Å². The van der Waals surface area contributed by atoms with Crippen LogP contribution in [0.4, 0.5) is 0 Å². The van der Waals surface area contributed by atoms with Crippen molar-refractivity contribution in [1.82, 2.24) is 10.6 Å². The monoisotopic (exact) mass is 246 g/mol. The second-order valence-electron chi connectivity index (χ2n) is 5.71. The molecule has 16 heavy (non-hydrogen) atoms. The second kappa shape index (κ2) is 6.83. The van der Waals surface area contributed by atoms with Crippen molar-refractivity contribution in [3.8, 4) is 0 Å². The van der Waals surface area contributed by atoms with Crippen LogP contribution in [0.25, 0.3) is 0 Å². The van der Waals surface area contributed by atoms with Gasteiger partial charge in [-0.2, -0.15) is 0 Å². The largest absolute Gasteiger partial charge is 0.316 e. The first-order valence-corrected chi connectivity index (χ1v) is 6.74. The van der Waals surface area contributed by atoms with Crippen LogP contribution < -0.4 is 10.6 Å². The van der Waals surface area contributed by atoms with E-state index in [1.807, 2.05) is 0 Å². The van der Waals surface area contributed by atoms with Crippen LogP contribution in [0.5, 0.6) is 0 Å². The van der Waals surface area contributed by atoms with Crippen LogP contribution in [0.15, 0.2) is 0 Å². The molecule has 0 amide bonds. The summed E-state index contributed by atoms with van der Waals surface area (Å²) in [6, 6.07) is 0. The summed E-state index contributed by atoms with van der Waals surface area (Å²) in [5.41, 5.74) is 0.454. The van der Waals surface area contributed by atoms with Crippen molar-refractivity contribution < 1.29 is 0 Å². The van der Waals surface area contributed by atoms with Gasteiger partial charge in [-0.05, 0) is 58.2 Å². The van der Waals surface area contributed by atoms with Gasteiger partial charge in [-0.25, -0.2) is 0 Å². The van der Waals surface area contributed by atoms with E-state index in [4.69, 9.17) is 0 Å². The Hall–Kier alpha value is 0.210. The highest BCUT2D eigenvalue weighted by Crippen LogP contribution is 2.27. The summed E-state index contributed by atoms with van der Waals surface area (Å²) >= 11 is 0. The van der Waals surface area contributed by atoms with E-state index < -0.39 is 0 Å². The van der Waals surface area contributed by atoms with E-state index in [2.05, 4.69) is 17.6 Å². The van der Waals surface area contributed by atoms with Crippen LogP contribution in [0.2, 0.25) is 0 Å². The van der Waals surface area contributed by atoms with Crippen LogP contribution in [-0.2, 0) is 0 Å². The number of halogens is 1. The summed E-state index contributed by atoms with van der Waals surface area (Å²) < 4.78 is 0. The number of rotatable bonds is 3. The zero-order chi connectivity index (χ0) is 10.6. The van der Waals surface area contributed by atoms with Crippen LogP contribution in [0.3, 0.4) is 0 Å². The lowest BCUT2D eigenvalue weighted by Crippen LogP contribution is -2.48. The van der Waals surface area contributed by atoms with Crippen LogP contribution >= 0.6 is 12.4 Å². The van der Waals surface area contributed by atoms with Crippen LogP contribution in [-0.4, -0.2) is 25.2 Å². The molecule has 3 heteroatoms. The van der Waals surface area contributed by atoms with Gasteiger partial charge in [0.1, 0.15) is 0 Å². The van der Waals surface area contributed by atoms with Gasteiger partial charge >= 0.3 is 0 Å². The normalized spacial score (nSPS) is 29.4.